The number of halogens is 1. The number of hydrogen-bond acceptors (Lipinski definition) is 11. The molecule has 3 aromatic rings. The molecule has 0 aliphatic carbocycles. The van der Waals surface area contributed by atoms with Crippen LogP contribution in [0.3, 0.4) is 0 Å². The summed E-state index contributed by atoms with van der Waals surface area (Å²) in [5, 5.41) is 10.1. The molecule has 0 bridgehead atoms. The zero-order valence-electron chi connectivity index (χ0n) is 27.9. The molecule has 49 heavy (non-hydrogen) atoms. The van der Waals surface area contributed by atoms with Crippen LogP contribution in [0.2, 0.25) is 0 Å². The van der Waals surface area contributed by atoms with Crippen LogP contribution in [0.5, 0.6) is 11.5 Å². The van der Waals surface area contributed by atoms with Crippen molar-refractivity contribution in [1.29, 1.82) is 5.26 Å². The van der Waals surface area contributed by atoms with Gasteiger partial charge in [-0.1, -0.05) is 18.2 Å². The zero-order valence-corrected chi connectivity index (χ0v) is 27.9. The monoisotopic (exact) mass is 667 g/mol. The number of piperazine rings is 1. The van der Waals surface area contributed by atoms with E-state index < -0.39 is 17.4 Å². The van der Waals surface area contributed by atoms with E-state index in [-0.39, 0.29) is 46.5 Å². The molecule has 1 atom stereocenters. The number of para-hydroxylation sites is 1. The summed E-state index contributed by atoms with van der Waals surface area (Å²) in [6.45, 7) is 9.85. The largest absolute Gasteiger partial charge is 0.457 e. The van der Waals surface area contributed by atoms with Gasteiger partial charge in [-0.05, 0) is 57.0 Å². The summed E-state index contributed by atoms with van der Waals surface area (Å²) in [5.74, 6) is 0.0302. The fourth-order valence-electron chi connectivity index (χ4n) is 6.58. The molecule has 3 aliphatic rings. The topological polar surface area (TPSA) is 159 Å². The molecule has 12 nitrogen and oxygen atoms in total. The molecule has 1 unspecified atom stereocenters. The highest BCUT2D eigenvalue weighted by molar-refractivity contribution is 6.18. The molecule has 1 amide bonds. The van der Waals surface area contributed by atoms with Crippen molar-refractivity contribution in [3.05, 3.63) is 83.5 Å². The minimum absolute atomic E-state index is 0.0535. The van der Waals surface area contributed by atoms with Gasteiger partial charge in [-0.2, -0.15) is 5.26 Å². The van der Waals surface area contributed by atoms with E-state index >= 15 is 4.39 Å². The van der Waals surface area contributed by atoms with Crippen molar-refractivity contribution < 1.29 is 18.7 Å². The van der Waals surface area contributed by atoms with Gasteiger partial charge in [0.2, 0.25) is 0 Å². The van der Waals surface area contributed by atoms with Crippen molar-refractivity contribution in [1.82, 2.24) is 24.7 Å². The molecule has 4 N–H and O–H groups in total. The minimum atomic E-state index is -0.600. The van der Waals surface area contributed by atoms with Gasteiger partial charge < -0.3 is 25.8 Å². The van der Waals surface area contributed by atoms with E-state index in [0.717, 1.165) is 39.4 Å². The first-order valence-electron chi connectivity index (χ1n) is 16.6. The SMILES string of the molecule is CC(C)(/C=C(\C#N)C(=O)N1CCCC(/N=C(/c2ccc(Oc3ccccc3)cc2F)c2c(N)ncnc2N)C1)N1CCN(C2COC2)CC1. The van der Waals surface area contributed by atoms with Crippen LogP contribution < -0.4 is 16.2 Å². The van der Waals surface area contributed by atoms with Crippen LogP contribution in [0.4, 0.5) is 16.0 Å². The number of benzene rings is 2. The fourth-order valence-corrected chi connectivity index (χ4v) is 6.58. The van der Waals surface area contributed by atoms with Crippen molar-refractivity contribution in [2.45, 2.75) is 44.3 Å². The third kappa shape index (κ3) is 7.72. The Hall–Kier alpha value is -4.90. The van der Waals surface area contributed by atoms with Crippen molar-refractivity contribution >= 4 is 23.3 Å². The minimum Gasteiger partial charge on any atom is -0.457 e. The van der Waals surface area contributed by atoms with Gasteiger partial charge in [0.1, 0.15) is 46.9 Å². The number of aromatic nitrogens is 2. The Balaban J connectivity index is 1.23. The van der Waals surface area contributed by atoms with Crippen LogP contribution in [0.25, 0.3) is 0 Å². The standard InChI is InChI=1S/C36H42FN9O3/c1-36(2,46-15-13-44(14-16-46)26-21-48-22-26)18-24(19-38)35(47)45-12-6-7-25(20-45)43-32(31-33(39)41-23-42-34(31)40)29-11-10-28(17-30(29)37)49-27-8-4-3-5-9-27/h3-5,8-11,17-18,23,25-26H,6-7,12-16,20-22H2,1-2H3,(H4,39,40,41,42)/b24-18+,43-32-. The second-order valence-corrected chi connectivity index (χ2v) is 13.1. The summed E-state index contributed by atoms with van der Waals surface area (Å²) in [6, 6.07) is 15.8. The van der Waals surface area contributed by atoms with Crippen LogP contribution in [-0.2, 0) is 9.53 Å². The molecular weight excluding hydrogens is 625 g/mol. The molecule has 0 saturated carbocycles. The van der Waals surface area contributed by atoms with E-state index in [1.165, 1.54) is 12.4 Å². The zero-order chi connectivity index (χ0) is 34.5. The normalized spacial score (nSPS) is 20.0. The number of likely N-dealkylation sites (tertiary alicyclic amines) is 1. The fraction of sp³-hybridized carbons (Fsp3) is 0.417. The molecule has 3 aliphatic heterocycles. The van der Waals surface area contributed by atoms with E-state index in [1.54, 1.807) is 35.2 Å². The molecule has 6 rings (SSSR count). The number of carbonyl (C=O) groups is 1. The Morgan fingerprint density at radius 3 is 2.41 bits per heavy atom. The van der Waals surface area contributed by atoms with E-state index in [0.29, 0.717) is 36.9 Å². The molecule has 256 valence electrons. The van der Waals surface area contributed by atoms with E-state index in [1.807, 2.05) is 32.0 Å². The summed E-state index contributed by atoms with van der Waals surface area (Å²) in [7, 11) is 0. The van der Waals surface area contributed by atoms with E-state index in [4.69, 9.17) is 25.9 Å². The lowest BCUT2D eigenvalue weighted by Crippen LogP contribution is -2.59. The van der Waals surface area contributed by atoms with Gasteiger partial charge in [0.15, 0.2) is 0 Å². The quantitative estimate of drug-likeness (QED) is 0.196. The highest BCUT2D eigenvalue weighted by Gasteiger charge is 2.35. The maximum atomic E-state index is 15.9. The third-order valence-corrected chi connectivity index (χ3v) is 9.43. The van der Waals surface area contributed by atoms with Crippen molar-refractivity contribution in [2.75, 3.05) is 63.9 Å². The lowest BCUT2D eigenvalue weighted by molar-refractivity contribution is -0.127. The number of piperidine rings is 1. The molecule has 0 radical (unpaired) electrons. The van der Waals surface area contributed by atoms with E-state index in [2.05, 4.69) is 25.8 Å². The maximum Gasteiger partial charge on any atom is 0.264 e. The summed E-state index contributed by atoms with van der Waals surface area (Å²) in [4.78, 5) is 33.3. The van der Waals surface area contributed by atoms with Gasteiger partial charge >= 0.3 is 0 Å². The average Bonchev–Trinajstić information content (AvgIpc) is 3.07. The summed E-state index contributed by atoms with van der Waals surface area (Å²) in [6.07, 6.45) is 4.29. The highest BCUT2D eigenvalue weighted by Crippen LogP contribution is 2.29. The Morgan fingerprint density at radius 2 is 1.78 bits per heavy atom. The number of rotatable bonds is 9. The van der Waals surface area contributed by atoms with Gasteiger partial charge in [-0.15, -0.1) is 0 Å². The van der Waals surface area contributed by atoms with Crippen LogP contribution in [0, 0.1) is 17.1 Å². The van der Waals surface area contributed by atoms with Crippen molar-refractivity contribution in [2.24, 2.45) is 4.99 Å². The maximum absolute atomic E-state index is 15.9. The van der Waals surface area contributed by atoms with Crippen molar-refractivity contribution in [3.8, 4) is 17.6 Å². The number of nitrogens with zero attached hydrogens (tertiary/aromatic N) is 7. The molecule has 3 fully saturated rings. The lowest BCUT2D eigenvalue weighted by Gasteiger charge is -2.46. The first kappa shape index (κ1) is 34.0. The number of carbonyl (C=O) groups excluding carboxylic acids is 1. The van der Waals surface area contributed by atoms with Gasteiger partial charge in [0.25, 0.3) is 5.91 Å². The van der Waals surface area contributed by atoms with Crippen LogP contribution in [-0.4, -0.2) is 106 Å². The second-order valence-electron chi connectivity index (χ2n) is 13.1. The molecule has 13 heteroatoms. The van der Waals surface area contributed by atoms with E-state index in [9.17, 15) is 10.1 Å². The van der Waals surface area contributed by atoms with Gasteiger partial charge in [-0.3, -0.25) is 19.6 Å². The van der Waals surface area contributed by atoms with Gasteiger partial charge in [0, 0.05) is 56.4 Å². The average molecular weight is 668 g/mol. The number of nitriles is 1. The Labute approximate surface area is 285 Å². The number of aliphatic imine (C=N–C) groups is 1. The molecule has 0 spiro atoms. The van der Waals surface area contributed by atoms with Crippen LogP contribution in [0.15, 0.2) is 71.5 Å². The Morgan fingerprint density at radius 1 is 1.06 bits per heavy atom. The van der Waals surface area contributed by atoms with Crippen LogP contribution in [0.1, 0.15) is 37.8 Å². The molecular formula is C36H42FN9O3. The predicted octanol–water partition coefficient (Wildman–Crippen LogP) is 3.65. The number of hydrogen-bond donors (Lipinski definition) is 2. The highest BCUT2D eigenvalue weighted by atomic mass is 19.1. The number of ether oxygens (including phenoxy) is 2. The smallest absolute Gasteiger partial charge is 0.264 e. The van der Waals surface area contributed by atoms with Gasteiger partial charge in [-0.25, -0.2) is 14.4 Å². The molecule has 1 aromatic heterocycles. The van der Waals surface area contributed by atoms with Crippen LogP contribution >= 0.6 is 0 Å². The molecule has 3 saturated heterocycles. The first-order chi connectivity index (χ1) is 23.6. The molecule has 4 heterocycles. The van der Waals surface area contributed by atoms with Gasteiger partial charge in [0.05, 0.1) is 36.6 Å². The first-order valence-corrected chi connectivity index (χ1v) is 16.6. The third-order valence-electron chi connectivity index (χ3n) is 9.43. The summed E-state index contributed by atoms with van der Waals surface area (Å²) in [5.41, 5.74) is 12.6. The second kappa shape index (κ2) is 14.7. The number of nitrogens with two attached hydrogens (primary N) is 2. The Kier molecular flexibility index (Phi) is 10.2. The number of nitrogen functional groups attached to an aromatic ring is 2. The number of amides is 1. The summed E-state index contributed by atoms with van der Waals surface area (Å²) >= 11 is 0. The number of anilines is 2. The Bertz CT molecular complexity index is 1740. The summed E-state index contributed by atoms with van der Waals surface area (Å²) < 4.78 is 27.0. The molecule has 2 aromatic carbocycles. The lowest BCUT2D eigenvalue weighted by atomic mass is 9.96. The predicted molar refractivity (Wildman–Crippen MR) is 185 cm³/mol. The van der Waals surface area contributed by atoms with Crippen molar-refractivity contribution in [3.63, 3.8) is 0 Å².